The maximum atomic E-state index is 13.4. The fourth-order valence-electron chi connectivity index (χ4n) is 5.57. The zero-order valence-electron chi connectivity index (χ0n) is 28.2. The highest BCUT2D eigenvalue weighted by Crippen LogP contribution is 2.39. The molecule has 1 amide bonds. The summed E-state index contributed by atoms with van der Waals surface area (Å²) in [5, 5.41) is 28.3. The Morgan fingerprint density at radius 2 is 1.57 bits per heavy atom. The van der Waals surface area contributed by atoms with Gasteiger partial charge in [0, 0.05) is 16.8 Å². The summed E-state index contributed by atoms with van der Waals surface area (Å²) in [6, 6.07) is 25.4. The van der Waals surface area contributed by atoms with Crippen molar-refractivity contribution in [1.29, 1.82) is 0 Å². The normalized spacial score (nSPS) is 12.0. The minimum atomic E-state index is -0.333. The van der Waals surface area contributed by atoms with Gasteiger partial charge in [-0.05, 0) is 99.5 Å². The molecule has 0 aliphatic carbocycles. The number of carbonyl (C=O) groups is 1. The summed E-state index contributed by atoms with van der Waals surface area (Å²) in [6.07, 6.45) is 3.48. The van der Waals surface area contributed by atoms with Crippen LogP contribution < -0.4 is 10.1 Å². The van der Waals surface area contributed by atoms with E-state index in [9.17, 15) is 9.90 Å². The summed E-state index contributed by atoms with van der Waals surface area (Å²) >= 11 is 1.35. The molecule has 47 heavy (non-hydrogen) atoms. The Kier molecular flexibility index (Phi) is 10.5. The standard InChI is InChI=1S/C38H45N5O3S/c1-37(2,3)24-26-18-19-32(27(22-26)25-38(4,5)6)46-21-13-12-20-39-35(45)31-23-33(29-16-10-11-17-30(29)34(31)44)47-36-40-41-42-43(36)28-14-8-7-9-15-28/h7-11,14-19,22-23,44H,12-13,20-21,24-25H2,1-6H3,(H,39,45). The van der Waals surface area contributed by atoms with Crippen LogP contribution in [0, 0.1) is 10.8 Å². The van der Waals surface area contributed by atoms with Gasteiger partial charge < -0.3 is 15.2 Å². The Balaban J connectivity index is 1.22. The molecule has 0 aliphatic heterocycles. The monoisotopic (exact) mass is 651 g/mol. The predicted molar refractivity (Wildman–Crippen MR) is 189 cm³/mol. The highest BCUT2D eigenvalue weighted by atomic mass is 32.2. The van der Waals surface area contributed by atoms with Gasteiger partial charge in [-0.3, -0.25) is 4.79 Å². The average molecular weight is 652 g/mol. The number of nitrogens with one attached hydrogen (secondary N) is 1. The first kappa shape index (κ1) is 34.0. The number of unbranched alkanes of at least 4 members (excludes halogenated alkanes) is 1. The second kappa shape index (κ2) is 14.6. The minimum absolute atomic E-state index is 0.0466. The van der Waals surface area contributed by atoms with Crippen molar-refractivity contribution >= 4 is 28.4 Å². The van der Waals surface area contributed by atoms with E-state index in [-0.39, 0.29) is 28.1 Å². The van der Waals surface area contributed by atoms with Crippen LogP contribution in [0.25, 0.3) is 16.5 Å². The zero-order chi connectivity index (χ0) is 33.6. The van der Waals surface area contributed by atoms with Crippen LogP contribution in [0.5, 0.6) is 11.5 Å². The second-order valence-corrected chi connectivity index (χ2v) is 15.4. The molecule has 0 fully saturated rings. The number of amides is 1. The number of aromatic hydroxyl groups is 1. The molecule has 1 aromatic heterocycles. The quantitative estimate of drug-likeness (QED) is 0.131. The zero-order valence-corrected chi connectivity index (χ0v) is 29.0. The molecule has 0 saturated heterocycles. The molecule has 0 atom stereocenters. The van der Waals surface area contributed by atoms with Crippen molar-refractivity contribution in [1.82, 2.24) is 25.5 Å². The molecule has 0 bridgehead atoms. The number of fused-ring (bicyclic) bond motifs is 1. The van der Waals surface area contributed by atoms with Gasteiger partial charge in [0.25, 0.3) is 5.91 Å². The van der Waals surface area contributed by atoms with Crippen molar-refractivity contribution in [3.8, 4) is 17.2 Å². The molecule has 9 heteroatoms. The van der Waals surface area contributed by atoms with Gasteiger partial charge in [-0.2, -0.15) is 4.68 Å². The van der Waals surface area contributed by atoms with E-state index in [0.717, 1.165) is 47.4 Å². The number of phenolic OH excluding ortho intramolecular Hbond substituents is 1. The number of hydrogen-bond acceptors (Lipinski definition) is 7. The van der Waals surface area contributed by atoms with E-state index in [2.05, 4.69) is 80.6 Å². The molecule has 246 valence electrons. The number of rotatable bonds is 12. The number of phenols is 1. The molecule has 0 aliphatic rings. The van der Waals surface area contributed by atoms with Crippen molar-refractivity contribution in [2.75, 3.05) is 13.2 Å². The fraction of sp³-hybridized carbons (Fsp3) is 0.368. The summed E-state index contributed by atoms with van der Waals surface area (Å²) in [4.78, 5) is 14.1. The van der Waals surface area contributed by atoms with Crippen molar-refractivity contribution in [2.45, 2.75) is 77.3 Å². The topological polar surface area (TPSA) is 102 Å². The van der Waals surface area contributed by atoms with Crippen LogP contribution in [0.4, 0.5) is 0 Å². The number of tetrazole rings is 1. The highest BCUT2D eigenvalue weighted by Gasteiger charge is 2.21. The van der Waals surface area contributed by atoms with Gasteiger partial charge in [-0.25, -0.2) is 0 Å². The first-order chi connectivity index (χ1) is 22.4. The molecule has 2 N–H and O–H groups in total. The van der Waals surface area contributed by atoms with Crippen LogP contribution >= 0.6 is 11.8 Å². The van der Waals surface area contributed by atoms with E-state index in [0.29, 0.717) is 23.7 Å². The Morgan fingerprint density at radius 1 is 0.872 bits per heavy atom. The Hall–Kier alpha value is -4.37. The number of para-hydroxylation sites is 1. The first-order valence-corrected chi connectivity index (χ1v) is 17.0. The molecular weight excluding hydrogens is 607 g/mol. The molecule has 0 radical (unpaired) electrons. The molecule has 0 spiro atoms. The molecule has 1 heterocycles. The maximum Gasteiger partial charge on any atom is 0.255 e. The van der Waals surface area contributed by atoms with Crippen LogP contribution in [0.1, 0.15) is 75.9 Å². The van der Waals surface area contributed by atoms with Crippen LogP contribution in [-0.4, -0.2) is 44.4 Å². The molecule has 0 saturated carbocycles. The number of ether oxygens (including phenoxy) is 1. The lowest BCUT2D eigenvalue weighted by Crippen LogP contribution is -2.25. The minimum Gasteiger partial charge on any atom is -0.506 e. The predicted octanol–water partition coefficient (Wildman–Crippen LogP) is 8.44. The Bertz CT molecular complexity index is 1820. The lowest BCUT2D eigenvalue weighted by atomic mass is 9.84. The SMILES string of the molecule is CC(C)(C)Cc1ccc(OCCCCNC(=O)c2cc(Sc3nnnn3-c3ccccc3)c3ccccc3c2O)c(CC(C)(C)C)c1. The van der Waals surface area contributed by atoms with E-state index in [1.807, 2.05) is 54.6 Å². The van der Waals surface area contributed by atoms with Crippen LogP contribution in [0.2, 0.25) is 0 Å². The molecule has 5 rings (SSSR count). The number of carbonyl (C=O) groups excluding carboxylic acids is 1. The smallest absolute Gasteiger partial charge is 0.255 e. The molecule has 8 nitrogen and oxygen atoms in total. The van der Waals surface area contributed by atoms with Crippen LogP contribution in [0.3, 0.4) is 0 Å². The van der Waals surface area contributed by atoms with Gasteiger partial charge in [0.15, 0.2) is 0 Å². The first-order valence-electron chi connectivity index (χ1n) is 16.2. The molecule has 4 aromatic carbocycles. The average Bonchev–Trinajstić information content (AvgIpc) is 3.48. The summed E-state index contributed by atoms with van der Waals surface area (Å²) < 4.78 is 7.91. The summed E-state index contributed by atoms with van der Waals surface area (Å²) in [5.74, 6) is 0.557. The van der Waals surface area contributed by atoms with Crippen LogP contribution in [-0.2, 0) is 12.8 Å². The summed E-state index contributed by atoms with van der Waals surface area (Å²) in [5.41, 5.74) is 3.98. The van der Waals surface area contributed by atoms with Crippen molar-refractivity contribution in [3.63, 3.8) is 0 Å². The molecule has 5 aromatic rings. The highest BCUT2D eigenvalue weighted by molar-refractivity contribution is 7.99. The largest absolute Gasteiger partial charge is 0.506 e. The third kappa shape index (κ3) is 9.13. The van der Waals surface area contributed by atoms with E-state index in [4.69, 9.17) is 4.74 Å². The van der Waals surface area contributed by atoms with Gasteiger partial charge in [-0.1, -0.05) is 96.1 Å². The van der Waals surface area contributed by atoms with E-state index >= 15 is 0 Å². The third-order valence-corrected chi connectivity index (χ3v) is 8.55. The van der Waals surface area contributed by atoms with Gasteiger partial charge in [-0.15, -0.1) is 5.10 Å². The van der Waals surface area contributed by atoms with Gasteiger partial charge in [0.05, 0.1) is 17.9 Å². The number of aromatic nitrogens is 4. The molecule has 0 unspecified atom stereocenters. The lowest BCUT2D eigenvalue weighted by molar-refractivity contribution is 0.0949. The Morgan fingerprint density at radius 3 is 2.30 bits per heavy atom. The van der Waals surface area contributed by atoms with E-state index in [1.165, 1.54) is 22.9 Å². The Labute approximate surface area is 281 Å². The van der Waals surface area contributed by atoms with Crippen molar-refractivity contribution in [2.24, 2.45) is 10.8 Å². The van der Waals surface area contributed by atoms with Gasteiger partial charge >= 0.3 is 0 Å². The van der Waals surface area contributed by atoms with E-state index in [1.54, 1.807) is 10.7 Å². The number of nitrogens with zero attached hydrogens (tertiary/aromatic N) is 4. The summed E-state index contributed by atoms with van der Waals surface area (Å²) in [7, 11) is 0. The third-order valence-electron chi connectivity index (χ3n) is 7.56. The van der Waals surface area contributed by atoms with Gasteiger partial charge in [0.1, 0.15) is 11.5 Å². The van der Waals surface area contributed by atoms with E-state index < -0.39 is 0 Å². The fourth-order valence-corrected chi connectivity index (χ4v) is 6.54. The summed E-state index contributed by atoms with van der Waals surface area (Å²) in [6.45, 7) is 14.6. The van der Waals surface area contributed by atoms with Gasteiger partial charge in [0.2, 0.25) is 5.16 Å². The maximum absolute atomic E-state index is 13.4. The molecular formula is C38H45N5O3S. The lowest BCUT2D eigenvalue weighted by Gasteiger charge is -2.23. The number of benzene rings is 4. The number of hydrogen-bond donors (Lipinski definition) is 2. The van der Waals surface area contributed by atoms with Crippen molar-refractivity contribution < 1.29 is 14.6 Å². The second-order valence-electron chi connectivity index (χ2n) is 14.4. The van der Waals surface area contributed by atoms with Crippen molar-refractivity contribution in [3.05, 3.63) is 95.6 Å². The van der Waals surface area contributed by atoms with Crippen LogP contribution in [0.15, 0.2) is 88.9 Å².